The summed E-state index contributed by atoms with van der Waals surface area (Å²) in [5.74, 6) is 0.562. The minimum absolute atomic E-state index is 0.137. The van der Waals surface area contributed by atoms with Crippen LogP contribution in [0.15, 0.2) is 0 Å². The van der Waals surface area contributed by atoms with Crippen LogP contribution >= 0.6 is 0 Å². The molecule has 0 aromatic heterocycles. The lowest BCUT2D eigenvalue weighted by Crippen LogP contribution is -2.40. The average Bonchev–Trinajstić information content (AvgIpc) is 2.02. The molecule has 0 aliphatic heterocycles. The van der Waals surface area contributed by atoms with Gasteiger partial charge >= 0.3 is 0 Å². The smallest absolute Gasteiger partial charge is 0.153 e. The van der Waals surface area contributed by atoms with E-state index < -0.39 is 9.84 Å². The van der Waals surface area contributed by atoms with Crippen LogP contribution in [-0.4, -0.2) is 25.5 Å². The number of hydrogen-bond acceptors (Lipinski definition) is 3. The highest BCUT2D eigenvalue weighted by Crippen LogP contribution is 2.29. The molecule has 84 valence electrons. The Kier molecular flexibility index (Phi) is 3.95. The molecule has 3 atom stereocenters. The third kappa shape index (κ3) is 2.70. The van der Waals surface area contributed by atoms with Crippen molar-refractivity contribution in [3.05, 3.63) is 0 Å². The molecule has 0 heterocycles. The Bertz CT molecular complexity index is 274. The van der Waals surface area contributed by atoms with E-state index >= 15 is 0 Å². The van der Waals surface area contributed by atoms with E-state index in [1.54, 1.807) is 0 Å². The highest BCUT2D eigenvalue weighted by atomic mass is 32.2. The first kappa shape index (κ1) is 12.0. The molecule has 2 N–H and O–H groups in total. The van der Waals surface area contributed by atoms with Gasteiger partial charge in [0.05, 0.1) is 11.0 Å². The molecule has 0 aromatic rings. The fraction of sp³-hybridized carbons (Fsp3) is 1.00. The molecule has 1 aliphatic rings. The highest BCUT2D eigenvalue weighted by Gasteiger charge is 2.34. The summed E-state index contributed by atoms with van der Waals surface area (Å²) in [4.78, 5) is 0. The number of hydrogen-bond donors (Lipinski definition) is 1. The zero-order chi connectivity index (χ0) is 10.8. The topological polar surface area (TPSA) is 60.2 Å². The maximum atomic E-state index is 11.9. The highest BCUT2D eigenvalue weighted by molar-refractivity contribution is 7.92. The Balaban J connectivity index is 2.69. The van der Waals surface area contributed by atoms with Gasteiger partial charge in [0.1, 0.15) is 0 Å². The summed E-state index contributed by atoms with van der Waals surface area (Å²) in [6.45, 7) is 3.92. The summed E-state index contributed by atoms with van der Waals surface area (Å²) in [6.07, 6.45) is 3.19. The standard InChI is InChI=1S/C10H21NO2S/c1-3-6-14(12,13)10-5-4-9(11)7-8(10)2/h8-10H,3-7,11H2,1-2H3. The van der Waals surface area contributed by atoms with Crippen LogP contribution in [0.1, 0.15) is 39.5 Å². The fourth-order valence-corrected chi connectivity index (χ4v) is 4.57. The van der Waals surface area contributed by atoms with Crippen molar-refractivity contribution >= 4 is 9.84 Å². The van der Waals surface area contributed by atoms with Gasteiger partial charge in [0.25, 0.3) is 0 Å². The first-order chi connectivity index (χ1) is 6.47. The summed E-state index contributed by atoms with van der Waals surface area (Å²) in [5.41, 5.74) is 5.81. The molecule has 1 rings (SSSR count). The van der Waals surface area contributed by atoms with Crippen LogP contribution in [0.4, 0.5) is 0 Å². The molecule has 0 amide bonds. The van der Waals surface area contributed by atoms with E-state index in [1.165, 1.54) is 0 Å². The van der Waals surface area contributed by atoms with Gasteiger partial charge in [0.2, 0.25) is 0 Å². The van der Waals surface area contributed by atoms with Gasteiger partial charge in [-0.3, -0.25) is 0 Å². The van der Waals surface area contributed by atoms with Crippen molar-refractivity contribution in [1.82, 2.24) is 0 Å². The Labute approximate surface area is 87.0 Å². The number of sulfone groups is 1. The molecule has 4 heteroatoms. The first-order valence-electron chi connectivity index (χ1n) is 5.44. The predicted octanol–water partition coefficient (Wildman–Crippen LogP) is 1.33. The van der Waals surface area contributed by atoms with Gasteiger partial charge in [-0.25, -0.2) is 8.42 Å². The molecular formula is C10H21NO2S. The van der Waals surface area contributed by atoms with Crippen molar-refractivity contribution in [2.24, 2.45) is 11.7 Å². The van der Waals surface area contributed by atoms with Gasteiger partial charge in [0, 0.05) is 6.04 Å². The lowest BCUT2D eigenvalue weighted by Gasteiger charge is -2.31. The molecule has 14 heavy (non-hydrogen) atoms. The van der Waals surface area contributed by atoms with Gasteiger partial charge in [0.15, 0.2) is 9.84 Å². The molecular weight excluding hydrogens is 198 g/mol. The van der Waals surface area contributed by atoms with Gasteiger partial charge in [-0.15, -0.1) is 0 Å². The molecule has 0 spiro atoms. The largest absolute Gasteiger partial charge is 0.328 e. The maximum Gasteiger partial charge on any atom is 0.153 e. The lowest BCUT2D eigenvalue weighted by atomic mass is 9.87. The maximum absolute atomic E-state index is 11.9. The van der Waals surface area contributed by atoms with Gasteiger partial charge in [-0.05, 0) is 31.6 Å². The van der Waals surface area contributed by atoms with Gasteiger partial charge < -0.3 is 5.73 Å². The molecule has 3 nitrogen and oxygen atoms in total. The normalized spacial score (nSPS) is 34.4. The van der Waals surface area contributed by atoms with Gasteiger partial charge in [-0.2, -0.15) is 0 Å². The third-order valence-electron chi connectivity index (χ3n) is 3.08. The first-order valence-corrected chi connectivity index (χ1v) is 7.16. The summed E-state index contributed by atoms with van der Waals surface area (Å²) < 4.78 is 23.7. The summed E-state index contributed by atoms with van der Waals surface area (Å²) >= 11 is 0. The van der Waals surface area contributed by atoms with E-state index in [4.69, 9.17) is 5.73 Å². The van der Waals surface area contributed by atoms with E-state index in [-0.39, 0.29) is 17.2 Å². The molecule has 0 aromatic carbocycles. The Morgan fingerprint density at radius 1 is 1.36 bits per heavy atom. The van der Waals surface area contributed by atoms with Crippen molar-refractivity contribution in [1.29, 1.82) is 0 Å². The Morgan fingerprint density at radius 2 is 2.00 bits per heavy atom. The Hall–Kier alpha value is -0.0900. The second kappa shape index (κ2) is 4.62. The summed E-state index contributed by atoms with van der Waals surface area (Å²) in [7, 11) is -2.86. The zero-order valence-corrected chi connectivity index (χ0v) is 9.89. The summed E-state index contributed by atoms with van der Waals surface area (Å²) in [5, 5.41) is -0.137. The van der Waals surface area contributed by atoms with Crippen molar-refractivity contribution < 1.29 is 8.42 Å². The van der Waals surface area contributed by atoms with Crippen molar-refractivity contribution in [2.75, 3.05) is 5.75 Å². The van der Waals surface area contributed by atoms with E-state index in [0.717, 1.165) is 25.7 Å². The quantitative estimate of drug-likeness (QED) is 0.779. The SMILES string of the molecule is CCCS(=O)(=O)C1CCC(N)CC1C. The van der Waals surface area contributed by atoms with Crippen LogP contribution in [0.2, 0.25) is 0 Å². The second-order valence-corrected chi connectivity index (χ2v) is 6.80. The summed E-state index contributed by atoms with van der Waals surface area (Å²) in [6, 6.07) is 0.207. The lowest BCUT2D eigenvalue weighted by molar-refractivity contribution is 0.343. The van der Waals surface area contributed by atoms with Gasteiger partial charge in [-0.1, -0.05) is 13.8 Å². The average molecular weight is 219 g/mol. The number of nitrogens with two attached hydrogens (primary N) is 1. The third-order valence-corrected chi connectivity index (χ3v) is 5.68. The minimum atomic E-state index is -2.86. The predicted molar refractivity (Wildman–Crippen MR) is 58.9 cm³/mol. The molecule has 0 radical (unpaired) electrons. The zero-order valence-electron chi connectivity index (χ0n) is 9.07. The van der Waals surface area contributed by atoms with Crippen LogP contribution in [0.3, 0.4) is 0 Å². The minimum Gasteiger partial charge on any atom is -0.328 e. The van der Waals surface area contributed by atoms with Crippen molar-refractivity contribution in [2.45, 2.75) is 50.8 Å². The van der Waals surface area contributed by atoms with Crippen LogP contribution in [0.25, 0.3) is 0 Å². The molecule has 1 saturated carbocycles. The fourth-order valence-electron chi connectivity index (χ4n) is 2.38. The molecule has 1 fully saturated rings. The molecule has 1 aliphatic carbocycles. The molecule has 3 unspecified atom stereocenters. The Morgan fingerprint density at radius 3 is 2.50 bits per heavy atom. The van der Waals surface area contributed by atoms with Crippen molar-refractivity contribution in [3.63, 3.8) is 0 Å². The molecule has 0 bridgehead atoms. The number of rotatable bonds is 3. The molecule has 0 saturated heterocycles. The van der Waals surface area contributed by atoms with Crippen LogP contribution in [0, 0.1) is 5.92 Å². The van der Waals surface area contributed by atoms with E-state index in [1.807, 2.05) is 13.8 Å². The van der Waals surface area contributed by atoms with E-state index in [0.29, 0.717) is 5.75 Å². The van der Waals surface area contributed by atoms with E-state index in [9.17, 15) is 8.42 Å². The van der Waals surface area contributed by atoms with Crippen LogP contribution in [0.5, 0.6) is 0 Å². The van der Waals surface area contributed by atoms with Crippen LogP contribution < -0.4 is 5.73 Å². The van der Waals surface area contributed by atoms with Crippen LogP contribution in [-0.2, 0) is 9.84 Å². The second-order valence-electron chi connectivity index (χ2n) is 4.46. The van der Waals surface area contributed by atoms with E-state index in [2.05, 4.69) is 0 Å². The monoisotopic (exact) mass is 219 g/mol. The van der Waals surface area contributed by atoms with Crippen molar-refractivity contribution in [3.8, 4) is 0 Å².